The summed E-state index contributed by atoms with van der Waals surface area (Å²) >= 11 is 3.36. The van der Waals surface area contributed by atoms with Gasteiger partial charge < -0.3 is 10.4 Å². The monoisotopic (exact) mass is 337 g/mol. The van der Waals surface area contributed by atoms with E-state index >= 15 is 0 Å². The highest BCUT2D eigenvalue weighted by molar-refractivity contribution is 9.10. The Labute approximate surface area is 118 Å². The third kappa shape index (κ3) is 3.94. The van der Waals surface area contributed by atoms with E-state index in [4.69, 9.17) is 5.11 Å². The van der Waals surface area contributed by atoms with Crippen LogP contribution >= 0.6 is 15.9 Å². The van der Waals surface area contributed by atoms with E-state index in [0.717, 1.165) is 17.3 Å². The number of benzene rings is 1. The second kappa shape index (κ2) is 5.81. The molecule has 0 aromatic heterocycles. The van der Waals surface area contributed by atoms with Gasteiger partial charge in [-0.3, -0.25) is 0 Å². The Hall–Kier alpha value is -0.590. The second-order valence-electron chi connectivity index (χ2n) is 4.88. The molecule has 0 bridgehead atoms. The normalized spacial score (nSPS) is 24.9. The SMILES string of the molecule is OC(CNC1CC(c2ccc(Br)cc2)C1)C(F)(F)F. The van der Waals surface area contributed by atoms with Crippen molar-refractivity contribution in [1.82, 2.24) is 5.32 Å². The quantitative estimate of drug-likeness (QED) is 0.884. The summed E-state index contributed by atoms with van der Waals surface area (Å²) in [7, 11) is 0. The first-order chi connectivity index (χ1) is 8.86. The average molecular weight is 338 g/mol. The largest absolute Gasteiger partial charge is 0.415 e. The first-order valence-electron chi connectivity index (χ1n) is 6.10. The molecule has 1 aliphatic carbocycles. The van der Waals surface area contributed by atoms with E-state index in [9.17, 15) is 13.2 Å². The summed E-state index contributed by atoms with van der Waals surface area (Å²) in [6.07, 6.45) is -5.19. The number of halogens is 4. The molecular formula is C13H15BrF3NO. The van der Waals surface area contributed by atoms with Crippen molar-refractivity contribution < 1.29 is 18.3 Å². The maximum absolute atomic E-state index is 12.1. The summed E-state index contributed by atoms with van der Waals surface area (Å²) in [4.78, 5) is 0. The van der Waals surface area contributed by atoms with Gasteiger partial charge in [-0.15, -0.1) is 0 Å². The lowest BCUT2D eigenvalue weighted by Gasteiger charge is -2.37. The molecule has 0 aliphatic heterocycles. The summed E-state index contributed by atoms with van der Waals surface area (Å²) in [5, 5.41) is 11.6. The van der Waals surface area contributed by atoms with Crippen molar-refractivity contribution in [3.8, 4) is 0 Å². The maximum Gasteiger partial charge on any atom is 0.415 e. The third-order valence-corrected chi connectivity index (χ3v) is 3.99. The van der Waals surface area contributed by atoms with Gasteiger partial charge in [-0.1, -0.05) is 28.1 Å². The molecule has 0 heterocycles. The van der Waals surface area contributed by atoms with Crippen molar-refractivity contribution in [3.05, 3.63) is 34.3 Å². The Kier molecular flexibility index (Phi) is 4.53. The number of nitrogens with one attached hydrogen (secondary N) is 1. The Balaban J connectivity index is 1.73. The molecule has 6 heteroatoms. The number of alkyl halides is 3. The number of aliphatic hydroxyl groups is 1. The lowest BCUT2D eigenvalue weighted by atomic mass is 9.76. The second-order valence-corrected chi connectivity index (χ2v) is 5.80. The lowest BCUT2D eigenvalue weighted by Crippen LogP contribution is -2.46. The van der Waals surface area contributed by atoms with E-state index in [1.54, 1.807) is 0 Å². The molecule has 2 rings (SSSR count). The van der Waals surface area contributed by atoms with Gasteiger partial charge in [-0.2, -0.15) is 13.2 Å². The highest BCUT2D eigenvalue weighted by atomic mass is 79.9. The summed E-state index contributed by atoms with van der Waals surface area (Å²) in [6, 6.07) is 8.03. The molecule has 106 valence electrons. The van der Waals surface area contributed by atoms with Crippen LogP contribution in [0.1, 0.15) is 24.3 Å². The summed E-state index contributed by atoms with van der Waals surface area (Å²) < 4.78 is 37.3. The van der Waals surface area contributed by atoms with Gasteiger partial charge in [0.2, 0.25) is 0 Å². The van der Waals surface area contributed by atoms with Crippen molar-refractivity contribution in [1.29, 1.82) is 0 Å². The molecule has 2 N–H and O–H groups in total. The standard InChI is InChI=1S/C13H15BrF3NO/c14-10-3-1-8(2-4-10)9-5-11(6-9)18-7-12(19)13(15,16)17/h1-4,9,11-12,18-19H,5-7H2. The Morgan fingerprint density at radius 3 is 2.37 bits per heavy atom. The predicted molar refractivity (Wildman–Crippen MR) is 70.0 cm³/mol. The molecule has 1 atom stereocenters. The third-order valence-electron chi connectivity index (χ3n) is 3.46. The van der Waals surface area contributed by atoms with Gasteiger partial charge in [0, 0.05) is 17.1 Å². The first kappa shape index (κ1) is 14.8. The van der Waals surface area contributed by atoms with E-state index in [0.29, 0.717) is 5.92 Å². The highest BCUT2D eigenvalue weighted by Gasteiger charge is 2.39. The molecule has 19 heavy (non-hydrogen) atoms. The van der Waals surface area contributed by atoms with E-state index in [-0.39, 0.29) is 6.04 Å². The zero-order valence-electron chi connectivity index (χ0n) is 10.1. The number of aliphatic hydroxyl groups excluding tert-OH is 1. The molecule has 1 aliphatic rings. The van der Waals surface area contributed by atoms with Gasteiger partial charge in [0.15, 0.2) is 6.10 Å². The summed E-state index contributed by atoms with van der Waals surface area (Å²) in [6.45, 7) is -0.429. The molecule has 2 nitrogen and oxygen atoms in total. The van der Waals surface area contributed by atoms with Crippen molar-refractivity contribution in [2.24, 2.45) is 0 Å². The molecule has 0 saturated heterocycles. The van der Waals surface area contributed by atoms with Gasteiger partial charge >= 0.3 is 6.18 Å². The molecule has 1 fully saturated rings. The summed E-state index contributed by atoms with van der Waals surface area (Å²) in [5.41, 5.74) is 1.21. The van der Waals surface area contributed by atoms with Gasteiger partial charge in [0.05, 0.1) is 0 Å². The Bertz CT molecular complexity index is 415. The van der Waals surface area contributed by atoms with Crippen molar-refractivity contribution in [2.45, 2.75) is 37.1 Å². The van der Waals surface area contributed by atoms with Gasteiger partial charge in [-0.25, -0.2) is 0 Å². The van der Waals surface area contributed by atoms with Crippen LogP contribution in [0.5, 0.6) is 0 Å². The zero-order valence-corrected chi connectivity index (χ0v) is 11.7. The van der Waals surface area contributed by atoms with E-state index < -0.39 is 18.8 Å². The fourth-order valence-electron chi connectivity index (χ4n) is 2.19. The highest BCUT2D eigenvalue weighted by Crippen LogP contribution is 2.37. The summed E-state index contributed by atoms with van der Waals surface area (Å²) in [5.74, 6) is 0.397. The van der Waals surface area contributed by atoms with Crippen LogP contribution in [0, 0.1) is 0 Å². The smallest absolute Gasteiger partial charge is 0.382 e. The van der Waals surface area contributed by atoms with Crippen LogP contribution in [0.3, 0.4) is 0 Å². The van der Waals surface area contributed by atoms with Crippen molar-refractivity contribution in [3.63, 3.8) is 0 Å². The van der Waals surface area contributed by atoms with Crippen LogP contribution in [0.4, 0.5) is 13.2 Å². The van der Waals surface area contributed by atoms with Gasteiger partial charge in [0.25, 0.3) is 0 Å². The molecule has 0 spiro atoms. The lowest BCUT2D eigenvalue weighted by molar-refractivity contribution is -0.202. The molecule has 1 unspecified atom stereocenters. The topological polar surface area (TPSA) is 32.3 Å². The fraction of sp³-hybridized carbons (Fsp3) is 0.538. The zero-order chi connectivity index (χ0) is 14.0. The van der Waals surface area contributed by atoms with Crippen LogP contribution in [0.15, 0.2) is 28.7 Å². The van der Waals surface area contributed by atoms with Crippen molar-refractivity contribution in [2.75, 3.05) is 6.54 Å². The van der Waals surface area contributed by atoms with Crippen LogP contribution in [0.2, 0.25) is 0 Å². The maximum atomic E-state index is 12.1. The van der Waals surface area contributed by atoms with E-state index in [2.05, 4.69) is 21.2 Å². The number of rotatable bonds is 4. The minimum absolute atomic E-state index is 0.0608. The first-order valence-corrected chi connectivity index (χ1v) is 6.89. The minimum Gasteiger partial charge on any atom is -0.382 e. The molecule has 0 amide bonds. The molecule has 1 aromatic rings. The van der Waals surface area contributed by atoms with Gasteiger partial charge in [0.1, 0.15) is 0 Å². The predicted octanol–water partition coefficient (Wildman–Crippen LogP) is 3.21. The number of hydrogen-bond acceptors (Lipinski definition) is 2. The van der Waals surface area contributed by atoms with Gasteiger partial charge in [-0.05, 0) is 36.5 Å². The molecular weight excluding hydrogens is 323 g/mol. The van der Waals surface area contributed by atoms with E-state index in [1.807, 2.05) is 24.3 Å². The van der Waals surface area contributed by atoms with Crippen LogP contribution < -0.4 is 5.32 Å². The van der Waals surface area contributed by atoms with E-state index in [1.165, 1.54) is 5.56 Å². The Morgan fingerprint density at radius 1 is 1.26 bits per heavy atom. The number of hydrogen-bond donors (Lipinski definition) is 2. The van der Waals surface area contributed by atoms with Crippen LogP contribution in [-0.2, 0) is 0 Å². The van der Waals surface area contributed by atoms with Crippen molar-refractivity contribution >= 4 is 15.9 Å². The average Bonchev–Trinajstić information content (AvgIpc) is 2.27. The molecule has 1 aromatic carbocycles. The fourth-order valence-corrected chi connectivity index (χ4v) is 2.45. The van der Waals surface area contributed by atoms with Crippen LogP contribution in [-0.4, -0.2) is 30.0 Å². The Morgan fingerprint density at radius 2 is 1.84 bits per heavy atom. The minimum atomic E-state index is -4.54. The molecule has 1 saturated carbocycles. The van der Waals surface area contributed by atoms with Crippen LogP contribution in [0.25, 0.3) is 0 Å². The molecule has 0 radical (unpaired) electrons.